The van der Waals surface area contributed by atoms with E-state index in [4.69, 9.17) is 0 Å². The Balaban J connectivity index is 1.43. The van der Waals surface area contributed by atoms with Crippen LogP contribution in [0.5, 0.6) is 0 Å². The number of benzene rings is 1. The second-order valence-electron chi connectivity index (χ2n) is 9.27. The van der Waals surface area contributed by atoms with Gasteiger partial charge in [-0.2, -0.15) is 13.2 Å². The molecule has 1 aromatic rings. The quantitative estimate of drug-likeness (QED) is 0.355. The van der Waals surface area contributed by atoms with E-state index in [0.717, 1.165) is 60.6 Å². The molecule has 0 amide bonds. The zero-order valence-corrected chi connectivity index (χ0v) is 16.5. The highest BCUT2D eigenvalue weighted by atomic mass is 19.4. The van der Waals surface area contributed by atoms with Crippen LogP contribution < -0.4 is 0 Å². The van der Waals surface area contributed by atoms with Crippen LogP contribution in [-0.4, -0.2) is 0 Å². The van der Waals surface area contributed by atoms with Crippen LogP contribution in [0.4, 0.5) is 17.6 Å². The largest absolute Gasteiger partial charge is 0.419 e. The van der Waals surface area contributed by atoms with Gasteiger partial charge in [-0.3, -0.25) is 0 Å². The molecule has 3 aliphatic carbocycles. The minimum absolute atomic E-state index is 0.203. The number of fused-ring (bicyclic) bond motifs is 3. The van der Waals surface area contributed by atoms with Crippen molar-refractivity contribution in [1.29, 1.82) is 0 Å². The molecule has 1 aromatic carbocycles. The van der Waals surface area contributed by atoms with E-state index in [1.54, 1.807) is 0 Å². The van der Waals surface area contributed by atoms with Gasteiger partial charge >= 0.3 is 6.18 Å². The van der Waals surface area contributed by atoms with Gasteiger partial charge in [0.1, 0.15) is 5.82 Å². The van der Waals surface area contributed by atoms with Gasteiger partial charge in [-0.15, -0.1) is 0 Å². The Morgan fingerprint density at radius 2 is 1.57 bits per heavy atom. The van der Waals surface area contributed by atoms with E-state index in [9.17, 15) is 17.6 Å². The number of halogens is 4. The second kappa shape index (κ2) is 7.84. The number of hydrogen-bond acceptors (Lipinski definition) is 0. The molecule has 4 rings (SSSR count). The van der Waals surface area contributed by atoms with Crippen molar-refractivity contribution in [2.24, 2.45) is 29.6 Å². The summed E-state index contributed by atoms with van der Waals surface area (Å²) in [4.78, 5) is 0. The van der Waals surface area contributed by atoms with Gasteiger partial charge in [-0.05, 0) is 111 Å². The van der Waals surface area contributed by atoms with E-state index in [-0.39, 0.29) is 5.92 Å². The number of alkyl halides is 3. The summed E-state index contributed by atoms with van der Waals surface area (Å²) in [5, 5.41) is 0. The summed E-state index contributed by atoms with van der Waals surface area (Å²) in [7, 11) is 0. The van der Waals surface area contributed by atoms with Gasteiger partial charge in [0.05, 0.1) is 5.56 Å². The van der Waals surface area contributed by atoms with Gasteiger partial charge in [0.2, 0.25) is 0 Å². The molecule has 0 aliphatic heterocycles. The summed E-state index contributed by atoms with van der Waals surface area (Å²) >= 11 is 0. The minimum Gasteiger partial charge on any atom is -0.206 e. The molecule has 3 saturated carbocycles. The summed E-state index contributed by atoms with van der Waals surface area (Å²) in [6.45, 7) is 2.11. The van der Waals surface area contributed by atoms with Crippen LogP contribution in [-0.2, 0) is 6.18 Å². The Kier molecular flexibility index (Phi) is 5.59. The fraction of sp³-hybridized carbons (Fsp3) is 0.667. The predicted molar refractivity (Wildman–Crippen MR) is 103 cm³/mol. The molecular weight excluding hydrogens is 364 g/mol. The van der Waals surface area contributed by atoms with Crippen molar-refractivity contribution >= 4 is 0 Å². The highest BCUT2D eigenvalue weighted by molar-refractivity contribution is 5.29. The smallest absolute Gasteiger partial charge is 0.206 e. The number of allylic oxidation sites excluding steroid dienone is 2. The zero-order chi connectivity index (χ0) is 19.9. The average molecular weight is 394 g/mol. The lowest BCUT2D eigenvalue weighted by Gasteiger charge is -2.50. The topological polar surface area (TPSA) is 0 Å². The van der Waals surface area contributed by atoms with E-state index in [0.29, 0.717) is 5.92 Å². The molecule has 0 bridgehead atoms. The zero-order valence-electron chi connectivity index (χ0n) is 16.5. The van der Waals surface area contributed by atoms with Crippen LogP contribution in [0.3, 0.4) is 0 Å². The van der Waals surface area contributed by atoms with Gasteiger partial charge in [0.25, 0.3) is 0 Å². The third kappa shape index (κ3) is 3.89. The standard InChI is InChI=1S/C24H30F4/c1-2-3-15-4-9-20-18(12-15)5-6-19-13-16(7-10-21(19)20)17-8-11-22(23(25)14-17)24(26,27)28/h2-3,8,11,14-16,18-21H,4-7,9-10,12-13H2,1H3/b3-2+. The molecule has 0 spiro atoms. The van der Waals surface area contributed by atoms with E-state index >= 15 is 0 Å². The van der Waals surface area contributed by atoms with Gasteiger partial charge in [0, 0.05) is 0 Å². The molecule has 0 heterocycles. The van der Waals surface area contributed by atoms with E-state index in [2.05, 4.69) is 19.1 Å². The average Bonchev–Trinajstić information content (AvgIpc) is 2.66. The second-order valence-corrected chi connectivity index (χ2v) is 9.27. The summed E-state index contributed by atoms with van der Waals surface area (Å²) in [6.07, 6.45) is 9.53. The van der Waals surface area contributed by atoms with Crippen molar-refractivity contribution in [2.45, 2.75) is 70.4 Å². The first-order valence-corrected chi connectivity index (χ1v) is 10.9. The first-order chi connectivity index (χ1) is 13.4. The summed E-state index contributed by atoms with van der Waals surface area (Å²) in [5.41, 5.74) is -0.397. The lowest BCUT2D eigenvalue weighted by Crippen LogP contribution is -2.41. The molecule has 3 aliphatic rings. The molecule has 28 heavy (non-hydrogen) atoms. The molecule has 0 aromatic heterocycles. The summed E-state index contributed by atoms with van der Waals surface area (Å²) < 4.78 is 52.5. The fourth-order valence-corrected chi connectivity index (χ4v) is 6.60. The first kappa shape index (κ1) is 20.0. The third-order valence-electron chi connectivity index (χ3n) is 7.82. The number of hydrogen-bond donors (Lipinski definition) is 0. The molecular formula is C24H30F4. The van der Waals surface area contributed by atoms with Crippen molar-refractivity contribution in [3.8, 4) is 0 Å². The van der Waals surface area contributed by atoms with Crippen molar-refractivity contribution in [2.75, 3.05) is 0 Å². The van der Waals surface area contributed by atoms with Crippen LogP contribution in [0.2, 0.25) is 0 Å². The van der Waals surface area contributed by atoms with E-state index in [1.165, 1.54) is 38.2 Å². The Bertz CT molecular complexity index is 720. The predicted octanol–water partition coefficient (Wildman–Crippen LogP) is 7.75. The van der Waals surface area contributed by atoms with Gasteiger partial charge < -0.3 is 0 Å². The van der Waals surface area contributed by atoms with Crippen molar-refractivity contribution in [3.05, 3.63) is 47.3 Å². The van der Waals surface area contributed by atoms with Crippen LogP contribution in [0, 0.1) is 35.4 Å². The monoisotopic (exact) mass is 394 g/mol. The van der Waals surface area contributed by atoms with Crippen LogP contribution >= 0.6 is 0 Å². The minimum atomic E-state index is -4.62. The lowest BCUT2D eigenvalue weighted by atomic mass is 9.55. The van der Waals surface area contributed by atoms with Crippen molar-refractivity contribution < 1.29 is 17.6 Å². The van der Waals surface area contributed by atoms with Crippen molar-refractivity contribution in [1.82, 2.24) is 0 Å². The van der Waals surface area contributed by atoms with Gasteiger partial charge in [0.15, 0.2) is 0 Å². The molecule has 0 saturated heterocycles. The number of rotatable bonds is 2. The Hall–Kier alpha value is -1.32. The maximum atomic E-state index is 14.0. The van der Waals surface area contributed by atoms with Gasteiger partial charge in [-0.25, -0.2) is 4.39 Å². The van der Waals surface area contributed by atoms with Crippen molar-refractivity contribution in [3.63, 3.8) is 0 Å². The molecule has 0 N–H and O–H groups in total. The first-order valence-electron chi connectivity index (χ1n) is 10.9. The fourth-order valence-electron chi connectivity index (χ4n) is 6.60. The molecule has 0 radical (unpaired) electrons. The van der Waals surface area contributed by atoms with E-state index in [1.807, 2.05) is 0 Å². The SMILES string of the molecule is C/C=C/C1CCC2C(CCC3CC(c4ccc(C(F)(F)F)c(F)c4)CCC32)C1. The molecule has 3 fully saturated rings. The highest BCUT2D eigenvalue weighted by Crippen LogP contribution is 2.55. The van der Waals surface area contributed by atoms with E-state index < -0.39 is 17.6 Å². The maximum absolute atomic E-state index is 14.0. The normalized spacial score (nSPS) is 36.2. The maximum Gasteiger partial charge on any atom is 0.419 e. The Morgan fingerprint density at radius 1 is 0.893 bits per heavy atom. The lowest BCUT2D eigenvalue weighted by molar-refractivity contribution is -0.140. The third-order valence-corrected chi connectivity index (χ3v) is 7.82. The molecule has 4 heteroatoms. The summed E-state index contributed by atoms with van der Waals surface area (Å²) in [5.74, 6) is 2.91. The Labute approximate surface area is 165 Å². The van der Waals surface area contributed by atoms with Crippen LogP contribution in [0.25, 0.3) is 0 Å². The Morgan fingerprint density at radius 3 is 2.21 bits per heavy atom. The molecule has 154 valence electrons. The highest BCUT2D eigenvalue weighted by Gasteiger charge is 2.44. The molecule has 6 unspecified atom stereocenters. The van der Waals surface area contributed by atoms with Gasteiger partial charge in [-0.1, -0.05) is 18.2 Å². The van der Waals surface area contributed by atoms with Crippen LogP contribution in [0.1, 0.15) is 75.3 Å². The molecule has 0 nitrogen and oxygen atoms in total. The summed E-state index contributed by atoms with van der Waals surface area (Å²) in [6, 6.07) is 3.57. The molecule has 6 atom stereocenters. The van der Waals surface area contributed by atoms with Crippen LogP contribution in [0.15, 0.2) is 30.4 Å².